The summed E-state index contributed by atoms with van der Waals surface area (Å²) in [5.74, 6) is -1.18. The lowest BCUT2D eigenvalue weighted by Gasteiger charge is -2.35. The molecular formula is C15H20F2N2O. The number of phenols is 1. The number of aromatic hydroxyl groups is 1. The minimum Gasteiger partial charge on any atom is -0.505 e. The Kier molecular flexibility index (Phi) is 3.89. The average molecular weight is 282 g/mol. The van der Waals surface area contributed by atoms with Crippen molar-refractivity contribution in [3.05, 3.63) is 29.3 Å². The third-order valence-electron chi connectivity index (χ3n) is 4.29. The summed E-state index contributed by atoms with van der Waals surface area (Å²) >= 11 is 0. The van der Waals surface area contributed by atoms with Crippen LogP contribution in [0.5, 0.6) is 5.75 Å². The van der Waals surface area contributed by atoms with Gasteiger partial charge in [0.1, 0.15) is 5.82 Å². The van der Waals surface area contributed by atoms with Crippen molar-refractivity contribution < 1.29 is 13.9 Å². The van der Waals surface area contributed by atoms with Gasteiger partial charge >= 0.3 is 0 Å². The Morgan fingerprint density at radius 1 is 1.20 bits per heavy atom. The van der Waals surface area contributed by atoms with Crippen molar-refractivity contribution >= 4 is 0 Å². The minimum atomic E-state index is -0.739. The second-order valence-electron chi connectivity index (χ2n) is 5.77. The fourth-order valence-electron chi connectivity index (χ4n) is 2.99. The second-order valence-corrected chi connectivity index (χ2v) is 5.77. The molecule has 110 valence electrons. The summed E-state index contributed by atoms with van der Waals surface area (Å²) in [6.07, 6.45) is 3.11. The van der Waals surface area contributed by atoms with E-state index >= 15 is 0 Å². The number of rotatable bonds is 4. The van der Waals surface area contributed by atoms with Crippen LogP contribution >= 0.6 is 0 Å². The van der Waals surface area contributed by atoms with Crippen molar-refractivity contribution in [1.29, 1.82) is 0 Å². The van der Waals surface area contributed by atoms with Gasteiger partial charge in [0, 0.05) is 37.8 Å². The van der Waals surface area contributed by atoms with E-state index < -0.39 is 17.4 Å². The topological polar surface area (TPSA) is 35.5 Å². The summed E-state index contributed by atoms with van der Waals surface area (Å²) in [6.45, 7) is 3.29. The molecule has 2 fully saturated rings. The van der Waals surface area contributed by atoms with E-state index in [2.05, 4.69) is 10.2 Å². The Morgan fingerprint density at radius 2 is 1.85 bits per heavy atom. The fraction of sp³-hybridized carbons (Fsp3) is 0.600. The SMILES string of the molecule is Oc1c(F)ccc(F)c1[C@H](CC1CC1)N1CCNCC1. The lowest BCUT2D eigenvalue weighted by molar-refractivity contribution is 0.154. The van der Waals surface area contributed by atoms with Crippen LogP contribution in [-0.4, -0.2) is 36.2 Å². The smallest absolute Gasteiger partial charge is 0.165 e. The normalized spacial score (nSPS) is 21.9. The Hall–Kier alpha value is -1.20. The molecule has 0 radical (unpaired) electrons. The van der Waals surface area contributed by atoms with E-state index in [0.717, 1.165) is 57.6 Å². The van der Waals surface area contributed by atoms with Crippen molar-refractivity contribution in [2.75, 3.05) is 26.2 Å². The van der Waals surface area contributed by atoms with Gasteiger partial charge in [-0.3, -0.25) is 4.90 Å². The van der Waals surface area contributed by atoms with Gasteiger partial charge in [-0.15, -0.1) is 0 Å². The average Bonchev–Trinajstić information content (AvgIpc) is 3.27. The summed E-state index contributed by atoms with van der Waals surface area (Å²) < 4.78 is 27.7. The van der Waals surface area contributed by atoms with Gasteiger partial charge in [0.05, 0.1) is 0 Å². The van der Waals surface area contributed by atoms with Crippen LogP contribution in [0, 0.1) is 17.6 Å². The number of phenolic OH excluding ortho intramolecular Hbond substituents is 1. The van der Waals surface area contributed by atoms with Crippen LogP contribution in [0.4, 0.5) is 8.78 Å². The highest BCUT2D eigenvalue weighted by molar-refractivity contribution is 5.37. The maximum atomic E-state index is 14.1. The Morgan fingerprint density at radius 3 is 2.50 bits per heavy atom. The quantitative estimate of drug-likeness (QED) is 0.890. The molecule has 2 N–H and O–H groups in total. The summed E-state index contributed by atoms with van der Waals surface area (Å²) in [6, 6.07) is 1.88. The molecule has 0 bridgehead atoms. The molecule has 1 aromatic carbocycles. The first-order valence-electron chi connectivity index (χ1n) is 7.28. The molecule has 0 unspecified atom stereocenters. The van der Waals surface area contributed by atoms with Crippen molar-refractivity contribution in [3.8, 4) is 5.75 Å². The van der Waals surface area contributed by atoms with Crippen LogP contribution in [0.3, 0.4) is 0 Å². The van der Waals surface area contributed by atoms with Crippen LogP contribution < -0.4 is 5.32 Å². The molecule has 1 atom stereocenters. The van der Waals surface area contributed by atoms with Crippen LogP contribution in [0.15, 0.2) is 12.1 Å². The molecule has 0 amide bonds. The van der Waals surface area contributed by atoms with Crippen molar-refractivity contribution in [3.63, 3.8) is 0 Å². The minimum absolute atomic E-state index is 0.138. The van der Waals surface area contributed by atoms with Gasteiger partial charge < -0.3 is 10.4 Å². The molecule has 20 heavy (non-hydrogen) atoms. The van der Waals surface area contributed by atoms with Crippen LogP contribution in [0.1, 0.15) is 30.9 Å². The highest BCUT2D eigenvalue weighted by Gasteiger charge is 2.34. The molecule has 1 saturated heterocycles. The molecule has 0 aromatic heterocycles. The molecule has 3 rings (SSSR count). The summed E-state index contributed by atoms with van der Waals surface area (Å²) in [7, 11) is 0. The molecule has 3 nitrogen and oxygen atoms in total. The standard InChI is InChI=1S/C15H20F2N2O/c16-11-3-4-12(17)15(20)14(11)13(9-10-1-2-10)19-7-5-18-6-8-19/h3-4,10,13,18,20H,1-2,5-9H2/t13-/m0/s1. The largest absolute Gasteiger partial charge is 0.505 e. The molecule has 1 heterocycles. The molecule has 1 saturated carbocycles. The number of nitrogens with one attached hydrogen (secondary N) is 1. The summed E-state index contributed by atoms with van der Waals surface area (Å²) in [5.41, 5.74) is 0.138. The maximum Gasteiger partial charge on any atom is 0.165 e. The number of benzene rings is 1. The highest BCUT2D eigenvalue weighted by Crippen LogP contribution is 2.43. The number of hydrogen-bond donors (Lipinski definition) is 2. The molecular weight excluding hydrogens is 262 g/mol. The Balaban J connectivity index is 1.93. The van der Waals surface area contributed by atoms with E-state index in [4.69, 9.17) is 0 Å². The van der Waals surface area contributed by atoms with Gasteiger partial charge in [-0.2, -0.15) is 0 Å². The van der Waals surface area contributed by atoms with Gasteiger partial charge in [0.25, 0.3) is 0 Å². The van der Waals surface area contributed by atoms with Crippen molar-refractivity contribution in [1.82, 2.24) is 10.2 Å². The number of nitrogens with zero attached hydrogens (tertiary/aromatic N) is 1. The van der Waals surface area contributed by atoms with Gasteiger partial charge in [-0.05, 0) is 24.5 Å². The molecule has 5 heteroatoms. The van der Waals surface area contributed by atoms with E-state index in [0.29, 0.717) is 5.92 Å². The molecule has 0 spiro atoms. The lowest BCUT2D eigenvalue weighted by atomic mass is 9.97. The van der Waals surface area contributed by atoms with Gasteiger partial charge in [-0.25, -0.2) is 8.78 Å². The van der Waals surface area contributed by atoms with Crippen LogP contribution in [-0.2, 0) is 0 Å². The Bertz CT molecular complexity index is 485. The lowest BCUT2D eigenvalue weighted by Crippen LogP contribution is -2.45. The first kappa shape index (κ1) is 13.8. The monoisotopic (exact) mass is 282 g/mol. The molecule has 2 aliphatic rings. The third kappa shape index (κ3) is 2.79. The summed E-state index contributed by atoms with van der Waals surface area (Å²) in [5, 5.41) is 13.2. The zero-order valence-corrected chi connectivity index (χ0v) is 11.4. The van der Waals surface area contributed by atoms with Crippen LogP contribution in [0.2, 0.25) is 0 Å². The number of halogens is 2. The third-order valence-corrected chi connectivity index (χ3v) is 4.29. The van der Waals surface area contributed by atoms with E-state index in [9.17, 15) is 13.9 Å². The number of piperazine rings is 1. The zero-order chi connectivity index (χ0) is 14.1. The van der Waals surface area contributed by atoms with Gasteiger partial charge in [-0.1, -0.05) is 12.8 Å². The fourth-order valence-corrected chi connectivity index (χ4v) is 2.99. The Labute approximate surface area is 117 Å². The van der Waals surface area contributed by atoms with Crippen molar-refractivity contribution in [2.24, 2.45) is 5.92 Å². The van der Waals surface area contributed by atoms with E-state index in [1.165, 1.54) is 0 Å². The van der Waals surface area contributed by atoms with Crippen molar-refractivity contribution in [2.45, 2.75) is 25.3 Å². The first-order valence-corrected chi connectivity index (χ1v) is 7.28. The summed E-state index contributed by atoms with van der Waals surface area (Å²) in [4.78, 5) is 2.16. The second kappa shape index (κ2) is 5.66. The predicted molar refractivity (Wildman–Crippen MR) is 72.5 cm³/mol. The zero-order valence-electron chi connectivity index (χ0n) is 11.4. The van der Waals surface area contributed by atoms with E-state index in [1.54, 1.807) is 0 Å². The van der Waals surface area contributed by atoms with E-state index in [-0.39, 0.29) is 11.6 Å². The van der Waals surface area contributed by atoms with Crippen LogP contribution in [0.25, 0.3) is 0 Å². The van der Waals surface area contributed by atoms with Gasteiger partial charge in [0.15, 0.2) is 11.6 Å². The molecule has 1 aliphatic heterocycles. The molecule has 1 aromatic rings. The molecule has 1 aliphatic carbocycles. The van der Waals surface area contributed by atoms with Gasteiger partial charge in [0.2, 0.25) is 0 Å². The highest BCUT2D eigenvalue weighted by atomic mass is 19.1. The predicted octanol–water partition coefficient (Wildman–Crippen LogP) is 2.42. The first-order chi connectivity index (χ1) is 9.66. The van der Waals surface area contributed by atoms with E-state index in [1.807, 2.05) is 0 Å². The maximum absolute atomic E-state index is 14.1. The number of hydrogen-bond acceptors (Lipinski definition) is 3.